The summed E-state index contributed by atoms with van der Waals surface area (Å²) in [5, 5.41) is 12.5. The Balaban J connectivity index is 1.81. The van der Waals surface area contributed by atoms with Gasteiger partial charge >= 0.3 is 0 Å². The van der Waals surface area contributed by atoms with Gasteiger partial charge in [-0.1, -0.05) is 18.9 Å². The monoisotopic (exact) mass is 390 g/mol. The van der Waals surface area contributed by atoms with Gasteiger partial charge in [-0.15, -0.1) is 11.8 Å². The van der Waals surface area contributed by atoms with Gasteiger partial charge in [0.15, 0.2) is 0 Å². The van der Waals surface area contributed by atoms with Gasteiger partial charge in [-0.2, -0.15) is 0 Å². The highest BCUT2D eigenvalue weighted by Gasteiger charge is 2.27. The Morgan fingerprint density at radius 1 is 1.37 bits per heavy atom. The van der Waals surface area contributed by atoms with Crippen LogP contribution in [-0.4, -0.2) is 34.9 Å². The van der Waals surface area contributed by atoms with Gasteiger partial charge < -0.3 is 15.2 Å². The van der Waals surface area contributed by atoms with Crippen LogP contribution in [0.5, 0.6) is 11.6 Å². The molecule has 0 bridgehead atoms. The molecule has 1 amide bonds. The number of aliphatic hydroxyl groups is 1. The van der Waals surface area contributed by atoms with Crippen LogP contribution in [0.1, 0.15) is 36.0 Å². The van der Waals surface area contributed by atoms with Crippen LogP contribution in [0.3, 0.4) is 0 Å². The molecule has 1 aromatic heterocycles. The summed E-state index contributed by atoms with van der Waals surface area (Å²) in [4.78, 5) is 17.8. The van der Waals surface area contributed by atoms with Crippen LogP contribution in [-0.2, 0) is 0 Å². The van der Waals surface area contributed by atoms with Crippen molar-refractivity contribution in [3.8, 4) is 11.6 Å². The number of aliphatic hydroxyl groups excluding tert-OH is 1. The summed E-state index contributed by atoms with van der Waals surface area (Å²) in [6.07, 6.45) is 6.68. The van der Waals surface area contributed by atoms with Gasteiger partial charge in [0.2, 0.25) is 5.88 Å². The first-order chi connectivity index (χ1) is 13.1. The van der Waals surface area contributed by atoms with Crippen LogP contribution in [0.4, 0.5) is 4.39 Å². The highest BCUT2D eigenvalue weighted by Crippen LogP contribution is 2.28. The summed E-state index contributed by atoms with van der Waals surface area (Å²) in [7, 11) is 0. The Labute approximate surface area is 162 Å². The first-order valence-corrected chi connectivity index (χ1v) is 10.2. The molecule has 7 heteroatoms. The standard InChI is InChI=1S/C20H23FN2O3S/c1-27-16-7-4-6-15(10-16)26-20-17(9-14(21)11-22-20)19(25)23-18-8-3-2-5-13(18)12-24/h4,6-7,9-11,13,18,24H,2-3,5,8,12H2,1H3,(H,23,25)/t13-,18-/m0/s1. The highest BCUT2D eigenvalue weighted by atomic mass is 32.2. The summed E-state index contributed by atoms with van der Waals surface area (Å²) >= 11 is 1.57. The molecule has 5 nitrogen and oxygen atoms in total. The number of amides is 1. The number of rotatable bonds is 6. The number of pyridine rings is 1. The Morgan fingerprint density at radius 3 is 2.96 bits per heavy atom. The average molecular weight is 390 g/mol. The zero-order valence-electron chi connectivity index (χ0n) is 15.2. The zero-order valence-corrected chi connectivity index (χ0v) is 16.0. The van der Waals surface area contributed by atoms with Crippen molar-refractivity contribution in [3.63, 3.8) is 0 Å². The number of hydrogen-bond acceptors (Lipinski definition) is 5. The fourth-order valence-corrected chi connectivity index (χ4v) is 3.76. The van der Waals surface area contributed by atoms with Gasteiger partial charge in [-0.3, -0.25) is 4.79 Å². The molecule has 1 heterocycles. The number of benzene rings is 1. The fraction of sp³-hybridized carbons (Fsp3) is 0.400. The summed E-state index contributed by atoms with van der Waals surface area (Å²) in [6, 6.07) is 8.38. The largest absolute Gasteiger partial charge is 0.438 e. The molecule has 1 fully saturated rings. The van der Waals surface area contributed by atoms with Gasteiger partial charge in [0.1, 0.15) is 17.1 Å². The molecule has 0 unspecified atom stereocenters. The molecular weight excluding hydrogens is 367 g/mol. The molecule has 0 saturated heterocycles. The summed E-state index contributed by atoms with van der Waals surface area (Å²) in [5.41, 5.74) is 0.0480. The van der Waals surface area contributed by atoms with E-state index >= 15 is 0 Å². The third kappa shape index (κ3) is 4.99. The predicted octanol–water partition coefficient (Wildman–Crippen LogP) is 4.02. The Kier molecular flexibility index (Phi) is 6.68. The molecule has 1 aliphatic carbocycles. The minimum absolute atomic E-state index is 0.0202. The minimum Gasteiger partial charge on any atom is -0.438 e. The molecule has 27 heavy (non-hydrogen) atoms. The van der Waals surface area contributed by atoms with Crippen molar-refractivity contribution < 1.29 is 19.0 Å². The number of aromatic nitrogens is 1. The van der Waals surface area contributed by atoms with Gasteiger partial charge in [0.05, 0.1) is 6.20 Å². The first kappa shape index (κ1) is 19.6. The maximum atomic E-state index is 13.7. The molecule has 2 atom stereocenters. The van der Waals surface area contributed by atoms with E-state index in [1.807, 2.05) is 24.5 Å². The van der Waals surface area contributed by atoms with Crippen molar-refractivity contribution >= 4 is 17.7 Å². The smallest absolute Gasteiger partial charge is 0.257 e. The first-order valence-electron chi connectivity index (χ1n) is 9.00. The van der Waals surface area contributed by atoms with Gasteiger partial charge in [0.25, 0.3) is 5.91 Å². The predicted molar refractivity (Wildman–Crippen MR) is 103 cm³/mol. The van der Waals surface area contributed by atoms with Crippen LogP contribution in [0.2, 0.25) is 0 Å². The molecule has 144 valence electrons. The van der Waals surface area contributed by atoms with E-state index in [0.29, 0.717) is 5.75 Å². The Morgan fingerprint density at radius 2 is 2.19 bits per heavy atom. The number of carbonyl (C=O) groups excluding carboxylic acids is 1. The lowest BCUT2D eigenvalue weighted by Gasteiger charge is -2.30. The van der Waals surface area contributed by atoms with Crippen LogP contribution in [0, 0.1) is 11.7 Å². The van der Waals surface area contributed by atoms with E-state index < -0.39 is 11.7 Å². The lowest BCUT2D eigenvalue weighted by molar-refractivity contribution is 0.0869. The second-order valence-electron chi connectivity index (χ2n) is 6.59. The number of thioether (sulfide) groups is 1. The molecule has 1 aromatic carbocycles. The molecule has 3 rings (SSSR count). The van der Waals surface area contributed by atoms with E-state index in [4.69, 9.17) is 4.74 Å². The van der Waals surface area contributed by atoms with Gasteiger partial charge in [-0.05, 0) is 43.4 Å². The van der Waals surface area contributed by atoms with Crippen molar-refractivity contribution in [1.82, 2.24) is 10.3 Å². The third-order valence-electron chi connectivity index (χ3n) is 4.78. The van der Waals surface area contributed by atoms with E-state index in [9.17, 15) is 14.3 Å². The number of nitrogens with one attached hydrogen (secondary N) is 1. The van der Waals surface area contributed by atoms with Gasteiger partial charge in [-0.25, -0.2) is 9.37 Å². The van der Waals surface area contributed by atoms with Crippen LogP contribution >= 0.6 is 11.8 Å². The second kappa shape index (κ2) is 9.19. The molecule has 1 saturated carbocycles. The normalized spacial score (nSPS) is 19.5. The van der Waals surface area contributed by atoms with Crippen molar-refractivity contribution in [2.24, 2.45) is 5.92 Å². The number of ether oxygens (including phenoxy) is 1. The molecule has 1 aliphatic rings. The van der Waals surface area contributed by atoms with E-state index in [2.05, 4.69) is 10.3 Å². The zero-order chi connectivity index (χ0) is 19.2. The highest BCUT2D eigenvalue weighted by molar-refractivity contribution is 7.98. The lowest BCUT2D eigenvalue weighted by Crippen LogP contribution is -2.43. The minimum atomic E-state index is -0.604. The summed E-state index contributed by atoms with van der Waals surface area (Å²) < 4.78 is 19.5. The SMILES string of the molecule is CSc1cccc(Oc2ncc(F)cc2C(=O)N[C@H]2CCCC[C@H]2CO)c1. The molecule has 0 aliphatic heterocycles. The molecule has 2 N–H and O–H groups in total. The molecule has 0 radical (unpaired) electrons. The maximum absolute atomic E-state index is 13.7. The fourth-order valence-electron chi connectivity index (χ4n) is 3.31. The van der Waals surface area contributed by atoms with E-state index in [0.717, 1.165) is 42.8 Å². The molecule has 2 aromatic rings. The maximum Gasteiger partial charge on any atom is 0.257 e. The second-order valence-corrected chi connectivity index (χ2v) is 7.47. The number of carbonyl (C=O) groups is 1. The van der Waals surface area contributed by atoms with Crippen molar-refractivity contribution in [3.05, 3.63) is 47.9 Å². The van der Waals surface area contributed by atoms with Crippen LogP contribution < -0.4 is 10.1 Å². The Hall–Kier alpha value is -2.12. The average Bonchev–Trinajstić information content (AvgIpc) is 2.70. The van der Waals surface area contributed by atoms with Crippen LogP contribution in [0.25, 0.3) is 0 Å². The van der Waals surface area contributed by atoms with Crippen molar-refractivity contribution in [1.29, 1.82) is 0 Å². The lowest BCUT2D eigenvalue weighted by atomic mass is 9.85. The molecular formula is C20H23FN2O3S. The number of halogens is 1. The summed E-state index contributed by atoms with van der Waals surface area (Å²) in [6.45, 7) is 0.0250. The topological polar surface area (TPSA) is 71.5 Å². The Bertz CT molecular complexity index is 803. The summed E-state index contributed by atoms with van der Waals surface area (Å²) in [5.74, 6) is -0.438. The number of nitrogens with zero attached hydrogens (tertiary/aromatic N) is 1. The van der Waals surface area contributed by atoms with E-state index in [1.165, 1.54) is 0 Å². The molecule has 0 spiro atoms. The van der Waals surface area contributed by atoms with Crippen molar-refractivity contribution in [2.75, 3.05) is 12.9 Å². The quantitative estimate of drug-likeness (QED) is 0.729. The third-order valence-corrected chi connectivity index (χ3v) is 5.50. The van der Waals surface area contributed by atoms with Crippen molar-refractivity contribution in [2.45, 2.75) is 36.6 Å². The van der Waals surface area contributed by atoms with E-state index in [-0.39, 0.29) is 30.0 Å². The van der Waals surface area contributed by atoms with Crippen LogP contribution in [0.15, 0.2) is 41.4 Å². The van der Waals surface area contributed by atoms with E-state index in [1.54, 1.807) is 17.8 Å². The van der Waals surface area contributed by atoms with Gasteiger partial charge in [0, 0.05) is 23.5 Å². The number of hydrogen-bond donors (Lipinski definition) is 2.